The fourth-order valence-electron chi connectivity index (χ4n) is 2.61. The van der Waals surface area contributed by atoms with Crippen molar-refractivity contribution in [1.29, 1.82) is 0 Å². The number of nitrogens with one attached hydrogen (secondary N) is 1. The van der Waals surface area contributed by atoms with Crippen molar-refractivity contribution in [2.75, 3.05) is 26.7 Å². The van der Waals surface area contributed by atoms with Gasteiger partial charge in [0.2, 0.25) is 0 Å². The Hall–Kier alpha value is -1.06. The molecule has 3 heteroatoms. The summed E-state index contributed by atoms with van der Waals surface area (Å²) in [6, 6.07) is 9.52. The number of para-hydroxylation sites is 1. The van der Waals surface area contributed by atoms with Gasteiger partial charge in [-0.1, -0.05) is 25.1 Å². The number of nitrogens with zero attached hydrogens (tertiary/aromatic N) is 1. The van der Waals surface area contributed by atoms with Crippen LogP contribution in [0.1, 0.15) is 38.3 Å². The van der Waals surface area contributed by atoms with Gasteiger partial charge in [0.1, 0.15) is 5.75 Å². The second-order valence-corrected chi connectivity index (χ2v) is 5.13. The van der Waals surface area contributed by atoms with Crippen molar-refractivity contribution in [3.8, 4) is 5.75 Å². The minimum absolute atomic E-state index is 0.336. The van der Waals surface area contributed by atoms with Gasteiger partial charge in [-0.05, 0) is 39.4 Å². The molecule has 0 spiro atoms. The molecule has 1 saturated carbocycles. The van der Waals surface area contributed by atoms with Crippen LogP contribution in [0.5, 0.6) is 5.75 Å². The summed E-state index contributed by atoms with van der Waals surface area (Å²) in [5, 5.41) is 3.44. The van der Waals surface area contributed by atoms with Crippen LogP contribution in [0.3, 0.4) is 0 Å². The minimum atomic E-state index is 0.336. The molecule has 1 aromatic carbocycles. The third-order valence-electron chi connectivity index (χ3n) is 3.83. The zero-order valence-electron chi connectivity index (χ0n) is 12.4. The zero-order valence-corrected chi connectivity index (χ0v) is 12.4. The summed E-state index contributed by atoms with van der Waals surface area (Å²) in [5.41, 5.74) is 1.27. The molecule has 1 unspecified atom stereocenters. The number of ether oxygens (including phenoxy) is 1. The SMILES string of the molecule is CCOc1ccccc1C(CN(CC)C1CC1)NC. The first kappa shape index (κ1) is 14.4. The molecule has 0 heterocycles. The van der Waals surface area contributed by atoms with Crippen LogP contribution < -0.4 is 10.1 Å². The maximum absolute atomic E-state index is 5.75. The second-order valence-electron chi connectivity index (χ2n) is 5.13. The van der Waals surface area contributed by atoms with Crippen LogP contribution in [0.25, 0.3) is 0 Å². The van der Waals surface area contributed by atoms with E-state index in [1.165, 1.54) is 18.4 Å². The predicted octanol–water partition coefficient (Wildman–Crippen LogP) is 2.83. The fourth-order valence-corrected chi connectivity index (χ4v) is 2.61. The molecule has 0 bridgehead atoms. The minimum Gasteiger partial charge on any atom is -0.494 e. The van der Waals surface area contributed by atoms with E-state index in [1.807, 2.05) is 20.0 Å². The fraction of sp³-hybridized carbons (Fsp3) is 0.625. The van der Waals surface area contributed by atoms with Crippen LogP contribution in [0.2, 0.25) is 0 Å². The van der Waals surface area contributed by atoms with Gasteiger partial charge in [-0.2, -0.15) is 0 Å². The van der Waals surface area contributed by atoms with E-state index in [0.29, 0.717) is 12.6 Å². The van der Waals surface area contributed by atoms with Gasteiger partial charge in [0.15, 0.2) is 0 Å². The lowest BCUT2D eigenvalue weighted by atomic mass is 10.0. The molecule has 2 rings (SSSR count). The highest BCUT2D eigenvalue weighted by molar-refractivity contribution is 5.36. The van der Waals surface area contributed by atoms with E-state index in [0.717, 1.165) is 24.9 Å². The lowest BCUT2D eigenvalue weighted by Crippen LogP contribution is -2.35. The largest absolute Gasteiger partial charge is 0.494 e. The van der Waals surface area contributed by atoms with Crippen LogP contribution in [0.15, 0.2) is 24.3 Å². The highest BCUT2D eigenvalue weighted by atomic mass is 16.5. The summed E-state index contributed by atoms with van der Waals surface area (Å²) < 4.78 is 5.75. The Balaban J connectivity index is 2.11. The van der Waals surface area contributed by atoms with Crippen molar-refractivity contribution < 1.29 is 4.74 Å². The molecule has 0 amide bonds. The summed E-state index contributed by atoms with van der Waals surface area (Å²) in [4.78, 5) is 2.57. The molecule has 0 radical (unpaired) electrons. The monoisotopic (exact) mass is 262 g/mol. The third kappa shape index (κ3) is 3.71. The van der Waals surface area contributed by atoms with Gasteiger partial charge in [-0.25, -0.2) is 0 Å². The maximum atomic E-state index is 5.75. The molecule has 0 saturated heterocycles. The van der Waals surface area contributed by atoms with E-state index in [2.05, 4.69) is 35.3 Å². The maximum Gasteiger partial charge on any atom is 0.124 e. The quantitative estimate of drug-likeness (QED) is 0.779. The summed E-state index contributed by atoms with van der Waals surface area (Å²) in [7, 11) is 2.04. The topological polar surface area (TPSA) is 24.5 Å². The molecule has 1 fully saturated rings. The Morgan fingerprint density at radius 1 is 1.32 bits per heavy atom. The molecule has 1 atom stereocenters. The normalized spacial score (nSPS) is 16.6. The summed E-state index contributed by atoms with van der Waals surface area (Å²) in [6.45, 7) is 7.18. The van der Waals surface area contributed by atoms with Gasteiger partial charge in [-0.15, -0.1) is 0 Å². The van der Waals surface area contributed by atoms with Gasteiger partial charge >= 0.3 is 0 Å². The Morgan fingerprint density at radius 2 is 2.05 bits per heavy atom. The van der Waals surface area contributed by atoms with E-state index in [4.69, 9.17) is 4.74 Å². The summed E-state index contributed by atoms with van der Waals surface area (Å²) >= 11 is 0. The van der Waals surface area contributed by atoms with Crippen LogP contribution in [-0.2, 0) is 0 Å². The van der Waals surface area contributed by atoms with E-state index in [-0.39, 0.29) is 0 Å². The number of likely N-dealkylation sites (N-methyl/N-ethyl adjacent to an activating group) is 2. The van der Waals surface area contributed by atoms with Crippen molar-refractivity contribution in [2.24, 2.45) is 0 Å². The second kappa shape index (κ2) is 6.92. The molecule has 1 aliphatic carbocycles. The molecule has 106 valence electrons. The number of benzene rings is 1. The molecular weight excluding hydrogens is 236 g/mol. The average Bonchev–Trinajstić information content (AvgIpc) is 3.26. The first-order chi connectivity index (χ1) is 9.30. The molecule has 1 aliphatic rings. The van der Waals surface area contributed by atoms with E-state index < -0.39 is 0 Å². The van der Waals surface area contributed by atoms with Crippen LogP contribution >= 0.6 is 0 Å². The van der Waals surface area contributed by atoms with Gasteiger partial charge in [0.05, 0.1) is 6.61 Å². The van der Waals surface area contributed by atoms with Gasteiger partial charge in [-0.3, -0.25) is 4.90 Å². The highest BCUT2D eigenvalue weighted by Gasteiger charge is 2.29. The standard InChI is InChI=1S/C16H26N2O/c1-4-18(13-10-11-13)12-15(17-3)14-8-6-7-9-16(14)19-5-2/h6-9,13,15,17H,4-5,10-12H2,1-3H3. The molecule has 3 nitrogen and oxygen atoms in total. The van der Waals surface area contributed by atoms with Crippen LogP contribution in [0, 0.1) is 0 Å². The van der Waals surface area contributed by atoms with Crippen molar-refractivity contribution in [3.63, 3.8) is 0 Å². The summed E-state index contributed by atoms with van der Waals surface area (Å²) in [5.74, 6) is 1.01. The Labute approximate surface area is 116 Å². The van der Waals surface area contributed by atoms with Crippen LogP contribution in [0.4, 0.5) is 0 Å². The van der Waals surface area contributed by atoms with E-state index in [1.54, 1.807) is 0 Å². The zero-order chi connectivity index (χ0) is 13.7. The Bertz CT molecular complexity index is 390. The van der Waals surface area contributed by atoms with Crippen molar-refractivity contribution >= 4 is 0 Å². The molecular formula is C16H26N2O. The van der Waals surface area contributed by atoms with Crippen molar-refractivity contribution in [2.45, 2.75) is 38.8 Å². The smallest absolute Gasteiger partial charge is 0.124 e. The summed E-state index contributed by atoms with van der Waals surface area (Å²) in [6.07, 6.45) is 2.72. The van der Waals surface area contributed by atoms with Crippen molar-refractivity contribution in [1.82, 2.24) is 10.2 Å². The Morgan fingerprint density at radius 3 is 2.63 bits per heavy atom. The van der Waals surface area contributed by atoms with E-state index in [9.17, 15) is 0 Å². The molecule has 1 N–H and O–H groups in total. The average molecular weight is 262 g/mol. The lowest BCUT2D eigenvalue weighted by molar-refractivity contribution is 0.244. The molecule has 0 aromatic heterocycles. The first-order valence-corrected chi connectivity index (χ1v) is 7.43. The van der Waals surface area contributed by atoms with Gasteiger partial charge in [0, 0.05) is 24.2 Å². The number of hydrogen-bond donors (Lipinski definition) is 1. The number of hydrogen-bond acceptors (Lipinski definition) is 3. The molecule has 19 heavy (non-hydrogen) atoms. The van der Waals surface area contributed by atoms with Gasteiger partial charge in [0.25, 0.3) is 0 Å². The lowest BCUT2D eigenvalue weighted by Gasteiger charge is -2.27. The van der Waals surface area contributed by atoms with E-state index >= 15 is 0 Å². The highest BCUT2D eigenvalue weighted by Crippen LogP contribution is 2.31. The molecule has 1 aromatic rings. The third-order valence-corrected chi connectivity index (χ3v) is 3.83. The molecule has 0 aliphatic heterocycles. The Kier molecular flexibility index (Phi) is 5.23. The number of rotatable bonds is 8. The first-order valence-electron chi connectivity index (χ1n) is 7.43. The predicted molar refractivity (Wildman–Crippen MR) is 79.7 cm³/mol. The van der Waals surface area contributed by atoms with Crippen LogP contribution in [-0.4, -0.2) is 37.7 Å². The van der Waals surface area contributed by atoms with Crippen molar-refractivity contribution in [3.05, 3.63) is 29.8 Å². The van der Waals surface area contributed by atoms with Gasteiger partial charge < -0.3 is 10.1 Å².